The van der Waals surface area contributed by atoms with Crippen LogP contribution in [0.3, 0.4) is 0 Å². The van der Waals surface area contributed by atoms with Crippen LogP contribution < -0.4 is 0 Å². The van der Waals surface area contributed by atoms with E-state index in [-0.39, 0.29) is 10.5 Å². The molecule has 0 bridgehead atoms. The molecule has 2 aliphatic rings. The number of benzene rings is 1. The second-order valence-electron chi connectivity index (χ2n) is 7.32. The highest BCUT2D eigenvalue weighted by Crippen LogP contribution is 2.22. The molecule has 0 amide bonds. The summed E-state index contributed by atoms with van der Waals surface area (Å²) in [7, 11) is -1.78. The van der Waals surface area contributed by atoms with E-state index in [0.29, 0.717) is 32.2 Å². The quantitative estimate of drug-likeness (QED) is 0.804. The monoisotopic (exact) mass is 399 g/mol. The van der Waals surface area contributed by atoms with E-state index in [9.17, 15) is 17.6 Å². The molecule has 3 rings (SSSR count). The number of likely N-dealkylation sites (N-methyl/N-ethyl adjacent to an activating group) is 1. The highest BCUT2D eigenvalue weighted by atomic mass is 32.2. The zero-order valence-corrected chi connectivity index (χ0v) is 16.3. The summed E-state index contributed by atoms with van der Waals surface area (Å²) in [6.45, 7) is 3.89. The van der Waals surface area contributed by atoms with Gasteiger partial charge >= 0.3 is 5.97 Å². The van der Waals surface area contributed by atoms with Gasteiger partial charge in [0.15, 0.2) is 0 Å². The Kier molecular flexibility index (Phi) is 6.15. The van der Waals surface area contributed by atoms with Crippen LogP contribution in [-0.4, -0.2) is 86.0 Å². The first-order chi connectivity index (χ1) is 12.8. The average molecular weight is 399 g/mol. The summed E-state index contributed by atoms with van der Waals surface area (Å²) in [6.07, 6.45) is 3.62. The Labute approximate surface area is 159 Å². The van der Waals surface area contributed by atoms with Crippen LogP contribution in [0.4, 0.5) is 4.39 Å². The van der Waals surface area contributed by atoms with Gasteiger partial charge in [-0.25, -0.2) is 17.6 Å². The van der Waals surface area contributed by atoms with Crippen LogP contribution in [-0.2, 0) is 10.0 Å². The van der Waals surface area contributed by atoms with Crippen LogP contribution in [0.1, 0.15) is 29.6 Å². The van der Waals surface area contributed by atoms with Crippen LogP contribution in [0.5, 0.6) is 0 Å². The number of aromatic carboxylic acids is 1. The Balaban J connectivity index is 1.65. The molecule has 0 radical (unpaired) electrons. The molecule has 2 fully saturated rings. The number of nitrogens with zero attached hydrogens (tertiary/aromatic N) is 3. The molecule has 0 aromatic heterocycles. The minimum absolute atomic E-state index is 0.305. The minimum atomic E-state index is -3.91. The average Bonchev–Trinajstić information content (AvgIpc) is 2.63. The van der Waals surface area contributed by atoms with Gasteiger partial charge in [0.25, 0.3) is 0 Å². The van der Waals surface area contributed by atoms with E-state index in [4.69, 9.17) is 5.11 Å². The second-order valence-corrected chi connectivity index (χ2v) is 9.25. The van der Waals surface area contributed by atoms with Gasteiger partial charge in [-0.1, -0.05) is 6.42 Å². The first-order valence-electron chi connectivity index (χ1n) is 9.24. The molecule has 1 aromatic rings. The van der Waals surface area contributed by atoms with E-state index < -0.39 is 21.8 Å². The molecule has 1 N–H and O–H groups in total. The van der Waals surface area contributed by atoms with Crippen LogP contribution >= 0.6 is 0 Å². The minimum Gasteiger partial charge on any atom is -0.478 e. The van der Waals surface area contributed by atoms with Gasteiger partial charge in [0.05, 0.1) is 10.5 Å². The van der Waals surface area contributed by atoms with Gasteiger partial charge in [0.1, 0.15) is 5.82 Å². The van der Waals surface area contributed by atoms with Crippen molar-refractivity contribution in [1.29, 1.82) is 0 Å². The summed E-state index contributed by atoms with van der Waals surface area (Å²) in [4.78, 5) is 15.4. The molecule has 2 saturated heterocycles. The summed E-state index contributed by atoms with van der Waals surface area (Å²) >= 11 is 0. The predicted molar refractivity (Wildman–Crippen MR) is 98.8 cm³/mol. The van der Waals surface area contributed by atoms with Crippen molar-refractivity contribution in [2.45, 2.75) is 30.2 Å². The van der Waals surface area contributed by atoms with Gasteiger partial charge in [-0.2, -0.15) is 4.31 Å². The Morgan fingerprint density at radius 3 is 2.48 bits per heavy atom. The molecule has 7 nitrogen and oxygen atoms in total. The molecule has 2 heterocycles. The Hall–Kier alpha value is -1.55. The number of carbonyl (C=O) groups is 1. The first kappa shape index (κ1) is 20.2. The van der Waals surface area contributed by atoms with E-state index in [1.165, 1.54) is 17.1 Å². The molecule has 0 saturated carbocycles. The molecule has 1 unspecified atom stereocenters. The molecular weight excluding hydrogens is 373 g/mol. The number of piperidine rings is 1. The molecule has 2 aliphatic heterocycles. The van der Waals surface area contributed by atoms with E-state index >= 15 is 0 Å². The smallest absolute Gasteiger partial charge is 0.335 e. The number of piperazine rings is 1. The Bertz CT molecular complexity index is 794. The predicted octanol–water partition coefficient (Wildman–Crippen LogP) is 1.31. The second kappa shape index (κ2) is 8.22. The van der Waals surface area contributed by atoms with Crippen LogP contribution in [0, 0.1) is 5.82 Å². The Morgan fingerprint density at radius 2 is 1.85 bits per heavy atom. The number of hydrogen-bond donors (Lipinski definition) is 1. The summed E-state index contributed by atoms with van der Waals surface area (Å²) in [5, 5.41) is 9.04. The molecule has 0 spiro atoms. The fourth-order valence-electron chi connectivity index (χ4n) is 3.81. The van der Waals surface area contributed by atoms with Gasteiger partial charge in [0, 0.05) is 38.8 Å². The van der Waals surface area contributed by atoms with Gasteiger partial charge in [-0.15, -0.1) is 0 Å². The fourth-order valence-corrected chi connectivity index (χ4v) is 5.29. The molecule has 27 heavy (non-hydrogen) atoms. The van der Waals surface area contributed by atoms with Crippen molar-refractivity contribution in [2.75, 3.05) is 46.3 Å². The van der Waals surface area contributed by atoms with Gasteiger partial charge in [-0.05, 0) is 44.6 Å². The zero-order chi connectivity index (χ0) is 19.6. The highest BCUT2D eigenvalue weighted by Gasteiger charge is 2.31. The third kappa shape index (κ3) is 4.66. The number of sulfonamides is 1. The van der Waals surface area contributed by atoms with Crippen molar-refractivity contribution in [3.63, 3.8) is 0 Å². The number of likely N-dealkylation sites (tertiary alicyclic amines) is 1. The third-order valence-corrected chi connectivity index (χ3v) is 7.35. The van der Waals surface area contributed by atoms with Crippen molar-refractivity contribution in [3.8, 4) is 0 Å². The summed E-state index contributed by atoms with van der Waals surface area (Å²) in [5.41, 5.74) is -0.368. The highest BCUT2D eigenvalue weighted by molar-refractivity contribution is 7.89. The summed E-state index contributed by atoms with van der Waals surface area (Å²) in [5.74, 6) is -2.22. The maximum Gasteiger partial charge on any atom is 0.335 e. The van der Waals surface area contributed by atoms with Crippen LogP contribution in [0.25, 0.3) is 0 Å². The summed E-state index contributed by atoms with van der Waals surface area (Å²) < 4.78 is 40.6. The molecule has 150 valence electrons. The number of hydrogen-bond acceptors (Lipinski definition) is 5. The van der Waals surface area contributed by atoms with E-state index in [0.717, 1.165) is 37.7 Å². The standard InChI is InChI=1S/C18H26FN3O4S/c1-20-5-3-2-4-16(20)13-21-6-8-22(9-7-21)27(25,26)17-11-14(18(23)24)10-15(19)12-17/h10-12,16H,2-9,13H2,1H3,(H,23,24). The largest absolute Gasteiger partial charge is 0.478 e. The summed E-state index contributed by atoms with van der Waals surface area (Å²) in [6, 6.07) is 3.22. The number of rotatable bonds is 5. The van der Waals surface area contributed by atoms with Crippen molar-refractivity contribution >= 4 is 16.0 Å². The van der Waals surface area contributed by atoms with Gasteiger partial charge in [0.2, 0.25) is 10.0 Å². The van der Waals surface area contributed by atoms with Crippen molar-refractivity contribution in [1.82, 2.24) is 14.1 Å². The molecular formula is C18H26FN3O4S. The lowest BCUT2D eigenvalue weighted by molar-refractivity contribution is 0.0696. The maximum absolute atomic E-state index is 13.7. The molecule has 0 aliphatic carbocycles. The van der Waals surface area contributed by atoms with Gasteiger partial charge < -0.3 is 10.0 Å². The van der Waals surface area contributed by atoms with Crippen LogP contribution in [0.2, 0.25) is 0 Å². The molecule has 1 aromatic carbocycles. The lowest BCUT2D eigenvalue weighted by atomic mass is 10.0. The van der Waals surface area contributed by atoms with Crippen molar-refractivity contribution in [2.24, 2.45) is 0 Å². The Morgan fingerprint density at radius 1 is 1.15 bits per heavy atom. The van der Waals surface area contributed by atoms with E-state index in [2.05, 4.69) is 16.8 Å². The number of carboxylic acid groups (broad SMARTS) is 1. The van der Waals surface area contributed by atoms with Crippen LogP contribution in [0.15, 0.2) is 23.1 Å². The maximum atomic E-state index is 13.7. The SMILES string of the molecule is CN1CCCCC1CN1CCN(S(=O)(=O)c2cc(F)cc(C(=O)O)c2)CC1. The topological polar surface area (TPSA) is 81.2 Å². The first-order valence-corrected chi connectivity index (χ1v) is 10.7. The molecule has 1 atom stereocenters. The van der Waals surface area contributed by atoms with Crippen molar-refractivity contribution < 1.29 is 22.7 Å². The molecule has 9 heteroatoms. The number of halogens is 1. The van der Waals surface area contributed by atoms with E-state index in [1.807, 2.05) is 0 Å². The normalized spacial score (nSPS) is 23.4. The fraction of sp³-hybridized carbons (Fsp3) is 0.611. The van der Waals surface area contributed by atoms with E-state index in [1.54, 1.807) is 0 Å². The lowest BCUT2D eigenvalue weighted by Crippen LogP contribution is -2.52. The van der Waals surface area contributed by atoms with Crippen molar-refractivity contribution in [3.05, 3.63) is 29.6 Å². The van der Waals surface area contributed by atoms with Gasteiger partial charge in [-0.3, -0.25) is 4.90 Å². The zero-order valence-electron chi connectivity index (χ0n) is 15.5. The number of carboxylic acids is 1. The lowest BCUT2D eigenvalue weighted by Gasteiger charge is -2.39. The third-order valence-electron chi connectivity index (χ3n) is 5.48.